The van der Waals surface area contributed by atoms with Crippen LogP contribution in [0.5, 0.6) is 0 Å². The molecule has 4 heteroatoms. The Hall–Kier alpha value is -1.10. The van der Waals surface area contributed by atoms with E-state index in [1.165, 1.54) is 0 Å². The molecular weight excluding hydrogens is 228 g/mol. The van der Waals surface area contributed by atoms with Crippen molar-refractivity contribution in [3.8, 4) is 0 Å². The molecule has 0 saturated heterocycles. The number of ether oxygens (including phenoxy) is 1. The molecule has 4 nitrogen and oxygen atoms in total. The maximum absolute atomic E-state index is 8.65. The number of aliphatic hydroxyl groups excluding tert-OH is 1. The van der Waals surface area contributed by atoms with Gasteiger partial charge in [-0.3, -0.25) is 4.90 Å². The fourth-order valence-electron chi connectivity index (χ4n) is 1.87. The summed E-state index contributed by atoms with van der Waals surface area (Å²) < 4.78 is 5.30. The van der Waals surface area contributed by atoms with Gasteiger partial charge < -0.3 is 15.6 Å². The Morgan fingerprint density at radius 3 is 2.67 bits per heavy atom. The average molecular weight is 252 g/mol. The number of nitrogen functional groups attached to an aromatic ring is 1. The number of para-hydroxylation sites is 1. The first-order valence-electron chi connectivity index (χ1n) is 6.52. The molecule has 0 aliphatic heterocycles. The van der Waals surface area contributed by atoms with Gasteiger partial charge in [0.1, 0.15) is 0 Å². The predicted molar refractivity (Wildman–Crippen MR) is 74.3 cm³/mol. The van der Waals surface area contributed by atoms with Gasteiger partial charge in [-0.15, -0.1) is 0 Å². The third-order valence-corrected chi connectivity index (χ3v) is 2.78. The largest absolute Gasteiger partial charge is 0.398 e. The second kappa shape index (κ2) is 8.91. The van der Waals surface area contributed by atoms with E-state index in [0.717, 1.165) is 37.3 Å². The van der Waals surface area contributed by atoms with Crippen LogP contribution in [0.15, 0.2) is 24.3 Å². The quantitative estimate of drug-likeness (QED) is 0.516. The molecule has 0 spiro atoms. The summed E-state index contributed by atoms with van der Waals surface area (Å²) in [5, 5.41) is 8.65. The molecule has 0 aliphatic rings. The highest BCUT2D eigenvalue weighted by Gasteiger charge is 2.06. The van der Waals surface area contributed by atoms with Crippen LogP contribution in [0.2, 0.25) is 0 Å². The lowest BCUT2D eigenvalue weighted by atomic mass is 10.1. The smallest absolute Gasteiger partial charge is 0.0698 e. The van der Waals surface area contributed by atoms with Gasteiger partial charge in [0, 0.05) is 18.8 Å². The second-order valence-electron chi connectivity index (χ2n) is 4.31. The van der Waals surface area contributed by atoms with Crippen molar-refractivity contribution in [3.05, 3.63) is 29.8 Å². The van der Waals surface area contributed by atoms with Gasteiger partial charge in [-0.25, -0.2) is 0 Å². The highest BCUT2D eigenvalue weighted by molar-refractivity contribution is 5.46. The molecule has 0 bridgehead atoms. The Kier molecular flexibility index (Phi) is 7.41. The van der Waals surface area contributed by atoms with Gasteiger partial charge >= 0.3 is 0 Å². The van der Waals surface area contributed by atoms with Crippen LogP contribution < -0.4 is 5.73 Å². The fraction of sp³-hybridized carbons (Fsp3) is 0.571. The van der Waals surface area contributed by atoms with Crippen LogP contribution in [0.1, 0.15) is 18.9 Å². The number of rotatable bonds is 9. The van der Waals surface area contributed by atoms with Crippen LogP contribution in [0.4, 0.5) is 5.69 Å². The molecule has 0 amide bonds. The van der Waals surface area contributed by atoms with Crippen LogP contribution in [0.25, 0.3) is 0 Å². The number of nitrogens with two attached hydrogens (primary N) is 1. The minimum Gasteiger partial charge on any atom is -0.398 e. The summed E-state index contributed by atoms with van der Waals surface area (Å²) in [5.74, 6) is 0. The van der Waals surface area contributed by atoms with Crippen molar-refractivity contribution in [2.75, 3.05) is 38.6 Å². The first kappa shape index (κ1) is 15.0. The highest BCUT2D eigenvalue weighted by atomic mass is 16.5. The average Bonchev–Trinajstić information content (AvgIpc) is 2.37. The van der Waals surface area contributed by atoms with Crippen molar-refractivity contribution < 1.29 is 9.84 Å². The molecule has 18 heavy (non-hydrogen) atoms. The number of nitrogens with zero attached hydrogens (tertiary/aromatic N) is 1. The summed E-state index contributed by atoms with van der Waals surface area (Å²) in [6, 6.07) is 7.96. The van der Waals surface area contributed by atoms with Crippen molar-refractivity contribution >= 4 is 5.69 Å². The molecule has 0 aliphatic carbocycles. The SMILES string of the molecule is CCCN(CCOCCO)Cc1ccccc1N. The Bertz CT molecular complexity index is 331. The van der Waals surface area contributed by atoms with E-state index in [2.05, 4.69) is 17.9 Å². The second-order valence-corrected chi connectivity index (χ2v) is 4.31. The number of hydrogen-bond acceptors (Lipinski definition) is 4. The van der Waals surface area contributed by atoms with Crippen molar-refractivity contribution in [2.45, 2.75) is 19.9 Å². The Morgan fingerprint density at radius 2 is 2.00 bits per heavy atom. The Morgan fingerprint density at radius 1 is 1.22 bits per heavy atom. The normalized spacial score (nSPS) is 11.1. The van der Waals surface area contributed by atoms with E-state index in [4.69, 9.17) is 15.6 Å². The molecule has 1 aromatic rings. The van der Waals surface area contributed by atoms with E-state index in [-0.39, 0.29) is 6.61 Å². The molecule has 3 N–H and O–H groups in total. The molecule has 0 fully saturated rings. The minimum atomic E-state index is 0.0827. The molecular formula is C14H24N2O2. The first-order valence-corrected chi connectivity index (χ1v) is 6.52. The van der Waals surface area contributed by atoms with E-state index < -0.39 is 0 Å². The van der Waals surface area contributed by atoms with Gasteiger partial charge in [0.25, 0.3) is 0 Å². The third kappa shape index (κ3) is 5.49. The summed E-state index contributed by atoms with van der Waals surface area (Å²) >= 11 is 0. The van der Waals surface area contributed by atoms with E-state index in [0.29, 0.717) is 13.2 Å². The maximum Gasteiger partial charge on any atom is 0.0698 e. The minimum absolute atomic E-state index is 0.0827. The molecule has 0 atom stereocenters. The molecule has 0 heterocycles. The maximum atomic E-state index is 8.65. The van der Waals surface area contributed by atoms with Crippen LogP contribution in [-0.2, 0) is 11.3 Å². The van der Waals surface area contributed by atoms with E-state index in [9.17, 15) is 0 Å². The standard InChI is InChI=1S/C14H24N2O2/c1-2-7-16(8-10-18-11-9-17)12-13-5-3-4-6-14(13)15/h3-6,17H,2,7-12,15H2,1H3. The monoisotopic (exact) mass is 252 g/mol. The van der Waals surface area contributed by atoms with Crippen molar-refractivity contribution in [1.82, 2.24) is 4.90 Å². The molecule has 0 saturated carbocycles. The first-order chi connectivity index (χ1) is 8.77. The third-order valence-electron chi connectivity index (χ3n) is 2.78. The van der Waals surface area contributed by atoms with Gasteiger partial charge in [0.15, 0.2) is 0 Å². The molecule has 0 unspecified atom stereocenters. The van der Waals surface area contributed by atoms with Gasteiger partial charge in [0.05, 0.1) is 19.8 Å². The highest BCUT2D eigenvalue weighted by Crippen LogP contribution is 2.13. The summed E-state index contributed by atoms with van der Waals surface area (Å²) in [5.41, 5.74) is 7.95. The fourth-order valence-corrected chi connectivity index (χ4v) is 1.87. The van der Waals surface area contributed by atoms with Crippen LogP contribution in [0, 0.1) is 0 Å². The summed E-state index contributed by atoms with van der Waals surface area (Å²) in [4.78, 5) is 2.32. The number of benzene rings is 1. The zero-order valence-corrected chi connectivity index (χ0v) is 11.1. The van der Waals surface area contributed by atoms with Gasteiger partial charge in [-0.05, 0) is 24.6 Å². The zero-order valence-electron chi connectivity index (χ0n) is 11.1. The summed E-state index contributed by atoms with van der Waals surface area (Å²) in [7, 11) is 0. The zero-order chi connectivity index (χ0) is 13.2. The topological polar surface area (TPSA) is 58.7 Å². The summed E-state index contributed by atoms with van der Waals surface area (Å²) in [6.07, 6.45) is 1.10. The van der Waals surface area contributed by atoms with Gasteiger partial charge in [-0.2, -0.15) is 0 Å². The van der Waals surface area contributed by atoms with Crippen molar-refractivity contribution in [2.24, 2.45) is 0 Å². The Labute approximate surface area is 109 Å². The predicted octanol–water partition coefficient (Wildman–Crippen LogP) is 1.49. The van der Waals surface area contributed by atoms with Crippen LogP contribution >= 0.6 is 0 Å². The van der Waals surface area contributed by atoms with Crippen molar-refractivity contribution in [1.29, 1.82) is 0 Å². The van der Waals surface area contributed by atoms with Gasteiger partial charge in [0.2, 0.25) is 0 Å². The number of anilines is 1. The van der Waals surface area contributed by atoms with Crippen molar-refractivity contribution in [3.63, 3.8) is 0 Å². The molecule has 1 aromatic carbocycles. The molecule has 0 aromatic heterocycles. The van der Waals surface area contributed by atoms with Crippen LogP contribution in [-0.4, -0.2) is 42.9 Å². The number of aliphatic hydroxyl groups is 1. The lowest BCUT2D eigenvalue weighted by Gasteiger charge is -2.22. The van der Waals surface area contributed by atoms with E-state index in [1.807, 2.05) is 18.2 Å². The van der Waals surface area contributed by atoms with E-state index in [1.54, 1.807) is 0 Å². The van der Waals surface area contributed by atoms with Crippen LogP contribution in [0.3, 0.4) is 0 Å². The number of hydrogen-bond donors (Lipinski definition) is 2. The lowest BCUT2D eigenvalue weighted by Crippen LogP contribution is -2.28. The molecule has 102 valence electrons. The lowest BCUT2D eigenvalue weighted by molar-refractivity contribution is 0.0721. The summed E-state index contributed by atoms with van der Waals surface area (Å²) in [6.45, 7) is 6.04. The Balaban J connectivity index is 2.44. The van der Waals surface area contributed by atoms with E-state index >= 15 is 0 Å². The molecule has 1 rings (SSSR count). The van der Waals surface area contributed by atoms with Gasteiger partial charge in [-0.1, -0.05) is 25.1 Å². The molecule has 0 radical (unpaired) electrons.